The molecule has 4 atom stereocenters. The number of amides is 6. The predicted molar refractivity (Wildman–Crippen MR) is 99.7 cm³/mol. The van der Waals surface area contributed by atoms with Crippen LogP contribution in [0.25, 0.3) is 0 Å². The van der Waals surface area contributed by atoms with E-state index in [2.05, 4.69) is 4.90 Å². The molecule has 0 radical (unpaired) electrons. The maximum absolute atomic E-state index is 12.2. The van der Waals surface area contributed by atoms with E-state index < -0.39 is 18.1 Å². The number of carbonyl (C=O) groups is 3. The number of nitrogens with zero attached hydrogens (tertiary/aromatic N) is 4. The Morgan fingerprint density at radius 1 is 0.741 bits per heavy atom. The highest BCUT2D eigenvalue weighted by Crippen LogP contribution is 2.34. The van der Waals surface area contributed by atoms with E-state index in [0.717, 1.165) is 32.2 Å². The van der Waals surface area contributed by atoms with E-state index in [-0.39, 0.29) is 24.0 Å². The average molecular weight is 381 g/mol. The summed E-state index contributed by atoms with van der Waals surface area (Å²) < 4.78 is 0. The first-order chi connectivity index (χ1) is 12.8. The number of likely N-dealkylation sites (N-methyl/N-ethyl adjacent to an activating group) is 1. The summed E-state index contributed by atoms with van der Waals surface area (Å²) in [5.74, 6) is 0.198. The van der Waals surface area contributed by atoms with Crippen LogP contribution >= 0.6 is 0 Å². The second-order valence-electron chi connectivity index (χ2n) is 7.97. The number of hydrogen-bond acceptors (Lipinski definition) is 4. The molecule has 10 heteroatoms. The number of carbonyl (C=O) groups excluding carboxylic acids is 3. The average Bonchev–Trinajstić information content (AvgIpc) is 3.11. The van der Waals surface area contributed by atoms with Crippen molar-refractivity contribution in [2.45, 2.75) is 43.8 Å². The lowest BCUT2D eigenvalue weighted by Gasteiger charge is -2.49. The van der Waals surface area contributed by atoms with Crippen LogP contribution in [-0.2, 0) is 0 Å². The van der Waals surface area contributed by atoms with Crippen LogP contribution in [0.3, 0.4) is 0 Å². The number of nitrogens with two attached hydrogens (primary N) is 3. The molecule has 0 bridgehead atoms. The molecule has 0 aromatic heterocycles. The topological polar surface area (TPSA) is 142 Å². The lowest BCUT2D eigenvalue weighted by atomic mass is 9.83. The minimum absolute atomic E-state index is 0.0675. The molecule has 4 unspecified atom stereocenters. The van der Waals surface area contributed by atoms with Crippen molar-refractivity contribution in [3.63, 3.8) is 0 Å². The number of piperazine rings is 1. The molecule has 0 aromatic carbocycles. The molecule has 3 heterocycles. The van der Waals surface area contributed by atoms with Gasteiger partial charge in [-0.1, -0.05) is 0 Å². The quantitative estimate of drug-likeness (QED) is 0.586. The van der Waals surface area contributed by atoms with Crippen LogP contribution in [0.4, 0.5) is 14.4 Å². The highest BCUT2D eigenvalue weighted by atomic mass is 16.2. The summed E-state index contributed by atoms with van der Waals surface area (Å²) >= 11 is 0. The molecular weight excluding hydrogens is 350 g/mol. The molecular formula is C17H31N7O3. The zero-order valence-corrected chi connectivity index (χ0v) is 15.9. The van der Waals surface area contributed by atoms with E-state index >= 15 is 0 Å². The largest absolute Gasteiger partial charge is 0.351 e. The molecule has 3 rings (SSSR count). The predicted octanol–water partition coefficient (Wildman–Crippen LogP) is -0.616. The number of likely N-dealkylation sites (tertiary alicyclic amines) is 2. The van der Waals surface area contributed by atoms with E-state index in [0.29, 0.717) is 26.2 Å². The van der Waals surface area contributed by atoms with Crippen LogP contribution in [0.2, 0.25) is 0 Å². The Morgan fingerprint density at radius 2 is 1.41 bits per heavy atom. The molecule has 152 valence electrons. The zero-order valence-electron chi connectivity index (χ0n) is 15.9. The van der Waals surface area contributed by atoms with Gasteiger partial charge in [-0.15, -0.1) is 0 Å². The Bertz CT molecular complexity index is 601. The van der Waals surface area contributed by atoms with Crippen LogP contribution < -0.4 is 17.2 Å². The summed E-state index contributed by atoms with van der Waals surface area (Å²) in [7, 11) is 2.04. The van der Waals surface area contributed by atoms with Gasteiger partial charge in [0.2, 0.25) is 0 Å². The van der Waals surface area contributed by atoms with Crippen molar-refractivity contribution in [3.8, 4) is 0 Å². The third-order valence-electron chi connectivity index (χ3n) is 6.53. The molecule has 6 N–H and O–H groups in total. The first-order valence-corrected chi connectivity index (χ1v) is 9.66. The number of urea groups is 3. The smallest absolute Gasteiger partial charge is 0.315 e. The summed E-state index contributed by atoms with van der Waals surface area (Å²) in [6.07, 6.45) is 3.39. The number of primary amides is 3. The summed E-state index contributed by atoms with van der Waals surface area (Å²) in [6, 6.07) is -1.35. The zero-order chi connectivity index (χ0) is 19.7. The van der Waals surface area contributed by atoms with Crippen LogP contribution in [0.15, 0.2) is 0 Å². The van der Waals surface area contributed by atoms with E-state index in [1.807, 2.05) is 7.05 Å². The van der Waals surface area contributed by atoms with Crippen LogP contribution in [0.1, 0.15) is 25.7 Å². The van der Waals surface area contributed by atoms with Gasteiger partial charge in [0.1, 0.15) is 0 Å². The Kier molecular flexibility index (Phi) is 5.64. The Labute approximate surface area is 159 Å². The molecule has 3 aliphatic rings. The molecule has 0 spiro atoms. The maximum Gasteiger partial charge on any atom is 0.315 e. The van der Waals surface area contributed by atoms with Crippen molar-refractivity contribution in [1.29, 1.82) is 0 Å². The maximum atomic E-state index is 12.2. The minimum atomic E-state index is -0.466. The van der Waals surface area contributed by atoms with Gasteiger partial charge in [0.15, 0.2) is 0 Å². The molecule has 0 saturated carbocycles. The highest BCUT2D eigenvalue weighted by Gasteiger charge is 2.44. The van der Waals surface area contributed by atoms with Gasteiger partial charge >= 0.3 is 18.1 Å². The first-order valence-electron chi connectivity index (χ1n) is 9.66. The summed E-state index contributed by atoms with van der Waals surface area (Å²) in [6.45, 7) is 3.08. The molecule has 6 amide bonds. The summed E-state index contributed by atoms with van der Waals surface area (Å²) in [5, 5.41) is 0. The van der Waals surface area contributed by atoms with Crippen molar-refractivity contribution < 1.29 is 14.4 Å². The van der Waals surface area contributed by atoms with Gasteiger partial charge in [0.05, 0.1) is 12.1 Å². The van der Waals surface area contributed by atoms with Gasteiger partial charge in [0, 0.05) is 38.8 Å². The molecule has 10 nitrogen and oxygen atoms in total. The fourth-order valence-electron chi connectivity index (χ4n) is 5.06. The van der Waals surface area contributed by atoms with Crippen molar-refractivity contribution >= 4 is 18.1 Å². The summed E-state index contributed by atoms with van der Waals surface area (Å²) in [4.78, 5) is 42.8. The normalized spacial score (nSPS) is 32.6. The van der Waals surface area contributed by atoms with Gasteiger partial charge in [-0.05, 0) is 38.6 Å². The van der Waals surface area contributed by atoms with Gasteiger partial charge < -0.3 is 31.9 Å². The molecule has 0 aromatic rings. The minimum Gasteiger partial charge on any atom is -0.351 e. The van der Waals surface area contributed by atoms with Crippen LogP contribution in [0.5, 0.6) is 0 Å². The number of piperidine rings is 1. The van der Waals surface area contributed by atoms with Gasteiger partial charge in [-0.3, -0.25) is 4.90 Å². The third-order valence-corrected chi connectivity index (χ3v) is 6.53. The van der Waals surface area contributed by atoms with Gasteiger partial charge in [0.25, 0.3) is 0 Å². The first kappa shape index (κ1) is 19.5. The van der Waals surface area contributed by atoms with E-state index in [4.69, 9.17) is 17.2 Å². The van der Waals surface area contributed by atoms with E-state index in [1.54, 1.807) is 14.7 Å². The molecule has 0 aliphatic carbocycles. The number of rotatable bonds is 2. The lowest BCUT2D eigenvalue weighted by Crippen LogP contribution is -2.63. The second-order valence-corrected chi connectivity index (χ2v) is 7.97. The van der Waals surface area contributed by atoms with E-state index in [9.17, 15) is 14.4 Å². The SMILES string of the molecule is CN1CCN(C(N)=O)CC1C1CCC(C2CCCN2C(N)=O)N(C(N)=O)C1. The Balaban J connectivity index is 1.73. The Morgan fingerprint density at radius 3 is 2.04 bits per heavy atom. The molecule has 3 saturated heterocycles. The lowest BCUT2D eigenvalue weighted by molar-refractivity contribution is 0.0247. The van der Waals surface area contributed by atoms with E-state index in [1.165, 1.54) is 0 Å². The third kappa shape index (κ3) is 3.90. The van der Waals surface area contributed by atoms with Crippen LogP contribution in [0, 0.1) is 5.92 Å². The van der Waals surface area contributed by atoms with Crippen LogP contribution in [-0.4, -0.2) is 95.6 Å². The van der Waals surface area contributed by atoms with Crippen molar-refractivity contribution in [2.75, 3.05) is 39.8 Å². The Hall–Kier alpha value is -2.23. The second kappa shape index (κ2) is 7.79. The molecule has 27 heavy (non-hydrogen) atoms. The highest BCUT2D eigenvalue weighted by molar-refractivity contribution is 5.74. The fourth-order valence-corrected chi connectivity index (χ4v) is 5.06. The van der Waals surface area contributed by atoms with Gasteiger partial charge in [-0.25, -0.2) is 14.4 Å². The van der Waals surface area contributed by atoms with Crippen molar-refractivity contribution in [1.82, 2.24) is 19.6 Å². The monoisotopic (exact) mass is 381 g/mol. The van der Waals surface area contributed by atoms with Crippen molar-refractivity contribution in [2.24, 2.45) is 23.1 Å². The standard InChI is InChI=1S/C17H31N7O3/c1-21-7-8-22(15(18)25)10-14(21)11-4-5-13(24(9-11)17(20)27)12-3-2-6-23(12)16(19)26/h11-14H,2-10H2,1H3,(H2,18,25)(H2,19,26)(H2,20,27). The van der Waals surface area contributed by atoms with Crippen molar-refractivity contribution in [3.05, 3.63) is 0 Å². The molecule has 3 fully saturated rings. The van der Waals surface area contributed by atoms with Gasteiger partial charge in [-0.2, -0.15) is 0 Å². The fraction of sp³-hybridized carbons (Fsp3) is 0.824. The molecule has 3 aliphatic heterocycles. The number of hydrogen-bond donors (Lipinski definition) is 3. The summed E-state index contributed by atoms with van der Waals surface area (Å²) in [5.41, 5.74) is 16.7.